The lowest BCUT2D eigenvalue weighted by atomic mass is 10.1. The molecule has 0 amide bonds. The molecule has 0 bridgehead atoms. The lowest BCUT2D eigenvalue weighted by molar-refractivity contribution is 0.187. The van der Waals surface area contributed by atoms with Gasteiger partial charge >= 0.3 is 0 Å². The predicted molar refractivity (Wildman–Crippen MR) is 86.8 cm³/mol. The van der Waals surface area contributed by atoms with Gasteiger partial charge < -0.3 is 20.5 Å². The molecule has 1 rings (SSSR count). The number of nitrogens with one attached hydrogen (secondary N) is 2. The maximum Gasteiger partial charge on any atom is 0.191 e. The van der Waals surface area contributed by atoms with E-state index in [1.807, 2.05) is 31.2 Å². The molecule has 1 atom stereocenters. The highest BCUT2D eigenvalue weighted by molar-refractivity contribution is 5.80. The summed E-state index contributed by atoms with van der Waals surface area (Å²) >= 11 is 0. The van der Waals surface area contributed by atoms with Crippen LogP contribution in [0.5, 0.6) is 5.75 Å². The molecule has 5 heteroatoms. The number of hydrogen-bond acceptors (Lipinski definition) is 3. The third-order valence-electron chi connectivity index (χ3n) is 2.76. The molecule has 0 aliphatic heterocycles. The number of ether oxygens (including phenoxy) is 1. The minimum atomic E-state index is -0.633. The maximum absolute atomic E-state index is 10.2. The van der Waals surface area contributed by atoms with Gasteiger partial charge in [-0.3, -0.25) is 4.99 Å². The fourth-order valence-electron chi connectivity index (χ4n) is 1.77. The fourth-order valence-corrected chi connectivity index (χ4v) is 1.77. The van der Waals surface area contributed by atoms with Crippen molar-refractivity contribution in [2.24, 2.45) is 4.99 Å². The third-order valence-corrected chi connectivity index (χ3v) is 2.76. The maximum atomic E-state index is 10.2. The van der Waals surface area contributed by atoms with Gasteiger partial charge in [-0.2, -0.15) is 0 Å². The Labute approximate surface area is 127 Å². The molecule has 1 aromatic rings. The summed E-state index contributed by atoms with van der Waals surface area (Å²) in [4.78, 5) is 4.43. The molecule has 118 valence electrons. The molecule has 5 nitrogen and oxygen atoms in total. The molecular weight excluding hydrogens is 266 g/mol. The van der Waals surface area contributed by atoms with Crippen molar-refractivity contribution in [3.63, 3.8) is 0 Å². The minimum absolute atomic E-state index is 0.0773. The Morgan fingerprint density at radius 3 is 2.38 bits per heavy atom. The topological polar surface area (TPSA) is 65.9 Å². The van der Waals surface area contributed by atoms with E-state index in [1.54, 1.807) is 7.11 Å². The first-order valence-corrected chi connectivity index (χ1v) is 7.24. The highest BCUT2D eigenvalue weighted by Crippen LogP contribution is 2.17. The molecule has 1 aromatic carbocycles. The summed E-state index contributed by atoms with van der Waals surface area (Å²) in [6, 6.07) is 7.37. The summed E-state index contributed by atoms with van der Waals surface area (Å²) in [5.41, 5.74) is 0.748. The SMILES string of the molecule is CCNC(=NCC(O)c1ccc(OC)cc1)NC(C)(C)C. The molecule has 0 spiro atoms. The van der Waals surface area contributed by atoms with Gasteiger partial charge in [0.05, 0.1) is 19.8 Å². The van der Waals surface area contributed by atoms with Crippen molar-refractivity contribution in [3.05, 3.63) is 29.8 Å². The number of hydrogen-bond donors (Lipinski definition) is 3. The Balaban J connectivity index is 2.69. The summed E-state index contributed by atoms with van der Waals surface area (Å²) in [7, 11) is 1.62. The van der Waals surface area contributed by atoms with Crippen molar-refractivity contribution >= 4 is 5.96 Å². The number of benzene rings is 1. The van der Waals surface area contributed by atoms with E-state index in [0.29, 0.717) is 12.5 Å². The van der Waals surface area contributed by atoms with E-state index in [0.717, 1.165) is 17.9 Å². The number of aliphatic hydroxyl groups is 1. The zero-order valence-corrected chi connectivity index (χ0v) is 13.6. The van der Waals surface area contributed by atoms with Gasteiger partial charge in [0.2, 0.25) is 0 Å². The molecule has 21 heavy (non-hydrogen) atoms. The van der Waals surface area contributed by atoms with Crippen LogP contribution in [0, 0.1) is 0 Å². The first-order valence-electron chi connectivity index (χ1n) is 7.24. The smallest absolute Gasteiger partial charge is 0.191 e. The van der Waals surface area contributed by atoms with Crippen LogP contribution in [0.15, 0.2) is 29.3 Å². The molecule has 0 heterocycles. The lowest BCUT2D eigenvalue weighted by Gasteiger charge is -2.24. The molecular formula is C16H27N3O2. The Morgan fingerprint density at radius 2 is 1.90 bits per heavy atom. The molecule has 0 aliphatic carbocycles. The van der Waals surface area contributed by atoms with E-state index in [2.05, 4.69) is 36.4 Å². The van der Waals surface area contributed by atoms with E-state index < -0.39 is 6.10 Å². The van der Waals surface area contributed by atoms with Gasteiger partial charge in [-0.15, -0.1) is 0 Å². The van der Waals surface area contributed by atoms with Crippen molar-refractivity contribution in [3.8, 4) is 5.75 Å². The van der Waals surface area contributed by atoms with Crippen LogP contribution in [0.2, 0.25) is 0 Å². The van der Waals surface area contributed by atoms with E-state index in [1.165, 1.54) is 0 Å². The van der Waals surface area contributed by atoms with E-state index in [-0.39, 0.29) is 5.54 Å². The zero-order valence-electron chi connectivity index (χ0n) is 13.6. The Bertz CT molecular complexity index is 450. The van der Waals surface area contributed by atoms with Crippen LogP contribution in [-0.4, -0.2) is 36.8 Å². The summed E-state index contributed by atoms with van der Waals surface area (Å²) in [5.74, 6) is 1.48. The van der Waals surface area contributed by atoms with Gasteiger partial charge in [0.25, 0.3) is 0 Å². The van der Waals surface area contributed by atoms with Gasteiger partial charge in [0.1, 0.15) is 5.75 Å². The van der Waals surface area contributed by atoms with Gasteiger partial charge in [-0.05, 0) is 45.4 Å². The van der Waals surface area contributed by atoms with Crippen LogP contribution in [0.4, 0.5) is 0 Å². The van der Waals surface area contributed by atoms with Crippen molar-refractivity contribution in [1.29, 1.82) is 0 Å². The number of aliphatic imine (C=N–C) groups is 1. The summed E-state index contributed by atoms with van der Waals surface area (Å²) < 4.78 is 5.10. The molecule has 0 radical (unpaired) electrons. The van der Waals surface area contributed by atoms with E-state index in [4.69, 9.17) is 4.74 Å². The Kier molecular flexibility index (Phi) is 6.49. The van der Waals surface area contributed by atoms with Gasteiger partial charge in [-0.25, -0.2) is 0 Å². The lowest BCUT2D eigenvalue weighted by Crippen LogP contribution is -2.47. The highest BCUT2D eigenvalue weighted by atomic mass is 16.5. The van der Waals surface area contributed by atoms with Gasteiger partial charge in [-0.1, -0.05) is 12.1 Å². The van der Waals surface area contributed by atoms with Crippen molar-refractivity contribution in [2.75, 3.05) is 20.2 Å². The molecule has 0 saturated carbocycles. The highest BCUT2D eigenvalue weighted by Gasteiger charge is 2.13. The summed E-state index contributed by atoms with van der Waals surface area (Å²) in [6.07, 6.45) is -0.633. The zero-order chi connectivity index (χ0) is 15.9. The van der Waals surface area contributed by atoms with E-state index >= 15 is 0 Å². The first kappa shape index (κ1) is 17.3. The van der Waals surface area contributed by atoms with Crippen molar-refractivity contribution in [2.45, 2.75) is 39.3 Å². The van der Waals surface area contributed by atoms with Crippen LogP contribution < -0.4 is 15.4 Å². The van der Waals surface area contributed by atoms with Crippen LogP contribution in [0.25, 0.3) is 0 Å². The first-order chi connectivity index (χ1) is 9.85. The van der Waals surface area contributed by atoms with Gasteiger partial charge in [0.15, 0.2) is 5.96 Å². The van der Waals surface area contributed by atoms with Crippen LogP contribution in [0.3, 0.4) is 0 Å². The summed E-state index contributed by atoms with van der Waals surface area (Å²) in [5, 5.41) is 16.7. The average molecular weight is 293 g/mol. The van der Waals surface area contributed by atoms with Crippen molar-refractivity contribution < 1.29 is 9.84 Å². The molecule has 0 aliphatic rings. The monoisotopic (exact) mass is 293 g/mol. The van der Waals surface area contributed by atoms with E-state index in [9.17, 15) is 5.11 Å². The van der Waals surface area contributed by atoms with Crippen LogP contribution in [-0.2, 0) is 0 Å². The van der Waals surface area contributed by atoms with Crippen LogP contribution >= 0.6 is 0 Å². The second-order valence-electron chi connectivity index (χ2n) is 5.88. The molecule has 0 fully saturated rings. The average Bonchev–Trinajstić information content (AvgIpc) is 2.43. The van der Waals surface area contributed by atoms with Gasteiger partial charge in [0, 0.05) is 12.1 Å². The van der Waals surface area contributed by atoms with Crippen molar-refractivity contribution in [1.82, 2.24) is 10.6 Å². The normalized spacial score (nSPS) is 13.7. The number of nitrogens with zero attached hydrogens (tertiary/aromatic N) is 1. The standard InChI is InChI=1S/C16H27N3O2/c1-6-17-15(19-16(2,3)4)18-11-14(20)12-7-9-13(21-5)10-8-12/h7-10,14,20H,6,11H2,1-5H3,(H2,17,18,19). The third kappa shape index (κ3) is 6.49. The Hall–Kier alpha value is -1.75. The molecule has 0 aromatic heterocycles. The molecule has 0 saturated heterocycles. The number of guanidine groups is 1. The number of methoxy groups -OCH3 is 1. The summed E-state index contributed by atoms with van der Waals surface area (Å²) in [6.45, 7) is 9.30. The largest absolute Gasteiger partial charge is 0.497 e. The predicted octanol–water partition coefficient (Wildman–Crippen LogP) is 2.08. The quantitative estimate of drug-likeness (QED) is 0.574. The molecule has 1 unspecified atom stereocenters. The van der Waals surface area contributed by atoms with Crippen LogP contribution in [0.1, 0.15) is 39.4 Å². The number of rotatable bonds is 5. The fraction of sp³-hybridized carbons (Fsp3) is 0.562. The second kappa shape index (κ2) is 7.88. The number of aliphatic hydroxyl groups excluding tert-OH is 1. The minimum Gasteiger partial charge on any atom is -0.497 e. The Morgan fingerprint density at radius 1 is 1.29 bits per heavy atom. The second-order valence-corrected chi connectivity index (χ2v) is 5.88. The molecule has 3 N–H and O–H groups in total.